The number of rotatable bonds is 1. The summed E-state index contributed by atoms with van der Waals surface area (Å²) < 4.78 is 0. The van der Waals surface area contributed by atoms with Crippen LogP contribution in [0.3, 0.4) is 0 Å². The second-order valence-electron chi connectivity index (χ2n) is 3.42. The van der Waals surface area contributed by atoms with Crippen molar-refractivity contribution in [3.63, 3.8) is 0 Å². The van der Waals surface area contributed by atoms with Crippen molar-refractivity contribution in [1.82, 2.24) is 0 Å². The summed E-state index contributed by atoms with van der Waals surface area (Å²) in [6.45, 7) is 1.04. The maximum Gasteiger partial charge on any atom is 0.140 e. The maximum absolute atomic E-state index is 9.60. The van der Waals surface area contributed by atoms with Crippen molar-refractivity contribution in [3.8, 4) is 5.75 Å². The molecular weight excluding hydrogens is 164 g/mol. The minimum atomic E-state index is 0.329. The van der Waals surface area contributed by atoms with Crippen LogP contribution in [-0.4, -0.2) is 25.7 Å². The zero-order valence-electron chi connectivity index (χ0n) is 7.96. The molecule has 2 rings (SSSR count). The van der Waals surface area contributed by atoms with Gasteiger partial charge in [-0.05, 0) is 18.1 Å². The lowest BCUT2D eigenvalue weighted by molar-refractivity contribution is 0.477. The highest BCUT2D eigenvalue weighted by molar-refractivity contribution is 5.69. The van der Waals surface area contributed by atoms with Crippen molar-refractivity contribution in [2.75, 3.05) is 30.9 Å². The summed E-state index contributed by atoms with van der Waals surface area (Å²) in [5.41, 5.74) is 3.27. The van der Waals surface area contributed by atoms with Crippen LogP contribution in [0.15, 0.2) is 12.1 Å². The van der Waals surface area contributed by atoms with Crippen LogP contribution in [0, 0.1) is 0 Å². The summed E-state index contributed by atoms with van der Waals surface area (Å²) in [7, 11) is 3.87. The molecule has 0 amide bonds. The summed E-state index contributed by atoms with van der Waals surface area (Å²) in [6, 6.07) is 3.85. The minimum absolute atomic E-state index is 0.329. The van der Waals surface area contributed by atoms with E-state index in [-0.39, 0.29) is 0 Å². The van der Waals surface area contributed by atoms with Crippen molar-refractivity contribution in [1.29, 1.82) is 0 Å². The first-order valence-corrected chi connectivity index (χ1v) is 4.47. The molecule has 0 aliphatic carbocycles. The third kappa shape index (κ3) is 1.20. The number of phenols is 1. The fourth-order valence-electron chi connectivity index (χ4n) is 1.79. The first-order chi connectivity index (χ1) is 6.22. The number of likely N-dealkylation sites (N-methyl/N-ethyl adjacent to an activating group) is 1. The third-order valence-corrected chi connectivity index (χ3v) is 2.59. The van der Waals surface area contributed by atoms with E-state index < -0.39 is 0 Å². The number of phenolic OH excluding ortho intramolecular Hbond substituents is 1. The first-order valence-electron chi connectivity index (χ1n) is 4.47. The molecular formula is C10H14N2O. The molecule has 1 heterocycles. The van der Waals surface area contributed by atoms with E-state index in [1.54, 1.807) is 0 Å². The molecule has 70 valence electrons. The second kappa shape index (κ2) is 2.83. The highest BCUT2D eigenvalue weighted by Crippen LogP contribution is 2.35. The van der Waals surface area contributed by atoms with E-state index in [1.165, 1.54) is 5.56 Å². The Hall–Kier alpha value is -1.38. The molecule has 3 heteroatoms. The van der Waals surface area contributed by atoms with Gasteiger partial charge in [0.15, 0.2) is 0 Å². The number of benzene rings is 1. The Labute approximate surface area is 78.0 Å². The summed E-state index contributed by atoms with van der Waals surface area (Å²) in [5.74, 6) is 0.329. The molecule has 0 spiro atoms. The Bertz CT molecular complexity index is 336. The fraction of sp³-hybridized carbons (Fsp3) is 0.400. The number of aromatic hydroxyl groups is 1. The summed E-state index contributed by atoms with van der Waals surface area (Å²) >= 11 is 0. The van der Waals surface area contributed by atoms with Gasteiger partial charge in [0.1, 0.15) is 5.75 Å². The average molecular weight is 178 g/mol. The molecule has 1 aliphatic rings. The number of hydrogen-bond acceptors (Lipinski definition) is 3. The predicted molar refractivity (Wildman–Crippen MR) is 54.6 cm³/mol. The van der Waals surface area contributed by atoms with E-state index in [2.05, 4.69) is 10.2 Å². The van der Waals surface area contributed by atoms with Gasteiger partial charge in [-0.3, -0.25) is 0 Å². The van der Waals surface area contributed by atoms with E-state index in [9.17, 15) is 5.11 Å². The molecule has 1 aromatic rings. The van der Waals surface area contributed by atoms with E-state index in [0.717, 1.165) is 24.3 Å². The lowest BCUT2D eigenvalue weighted by Gasteiger charge is -2.13. The monoisotopic (exact) mass is 178 g/mol. The van der Waals surface area contributed by atoms with Crippen LogP contribution >= 0.6 is 0 Å². The van der Waals surface area contributed by atoms with Crippen molar-refractivity contribution >= 4 is 11.4 Å². The van der Waals surface area contributed by atoms with Gasteiger partial charge >= 0.3 is 0 Å². The normalized spacial score (nSPS) is 14.5. The van der Waals surface area contributed by atoms with E-state index in [4.69, 9.17) is 0 Å². The third-order valence-electron chi connectivity index (χ3n) is 2.59. The Morgan fingerprint density at radius 1 is 1.46 bits per heavy atom. The van der Waals surface area contributed by atoms with Crippen molar-refractivity contribution in [3.05, 3.63) is 17.7 Å². The summed E-state index contributed by atoms with van der Waals surface area (Å²) in [5, 5.41) is 12.6. The summed E-state index contributed by atoms with van der Waals surface area (Å²) in [6.07, 6.45) is 1.07. The topological polar surface area (TPSA) is 35.5 Å². The highest BCUT2D eigenvalue weighted by Gasteiger charge is 2.17. The molecule has 0 unspecified atom stereocenters. The van der Waals surface area contributed by atoms with Crippen molar-refractivity contribution in [2.45, 2.75) is 6.42 Å². The lowest BCUT2D eigenvalue weighted by atomic mass is 10.1. The SMILES string of the molecule is CNc1cc2c(cc1O)N(C)CC2. The number of fused-ring (bicyclic) bond motifs is 1. The van der Waals surface area contributed by atoms with Crippen LogP contribution in [0.5, 0.6) is 5.75 Å². The highest BCUT2D eigenvalue weighted by atomic mass is 16.3. The Kier molecular flexibility index (Phi) is 1.79. The van der Waals surface area contributed by atoms with Crippen LogP contribution in [0.25, 0.3) is 0 Å². The molecule has 0 saturated carbocycles. The van der Waals surface area contributed by atoms with Gasteiger partial charge in [0.25, 0.3) is 0 Å². The van der Waals surface area contributed by atoms with Crippen LogP contribution in [0.1, 0.15) is 5.56 Å². The number of anilines is 2. The zero-order valence-corrected chi connectivity index (χ0v) is 7.96. The average Bonchev–Trinajstić information content (AvgIpc) is 2.47. The van der Waals surface area contributed by atoms with Crippen molar-refractivity contribution in [2.24, 2.45) is 0 Å². The predicted octanol–water partition coefficient (Wildman–Crippen LogP) is 1.43. The molecule has 3 nitrogen and oxygen atoms in total. The van der Waals surface area contributed by atoms with Gasteiger partial charge in [-0.15, -0.1) is 0 Å². The van der Waals surface area contributed by atoms with Crippen LogP contribution < -0.4 is 10.2 Å². The quantitative estimate of drug-likeness (QED) is 0.638. The molecule has 0 fully saturated rings. The molecule has 13 heavy (non-hydrogen) atoms. The smallest absolute Gasteiger partial charge is 0.140 e. The van der Waals surface area contributed by atoms with Crippen LogP contribution in [0.4, 0.5) is 11.4 Å². The number of nitrogens with zero attached hydrogens (tertiary/aromatic N) is 1. The fourth-order valence-corrected chi connectivity index (χ4v) is 1.79. The zero-order chi connectivity index (χ0) is 9.42. The molecule has 2 N–H and O–H groups in total. The summed E-state index contributed by atoms with van der Waals surface area (Å²) in [4.78, 5) is 2.16. The van der Waals surface area contributed by atoms with Gasteiger partial charge in [0.2, 0.25) is 0 Å². The molecule has 1 aromatic carbocycles. The molecule has 0 radical (unpaired) electrons. The van der Waals surface area contributed by atoms with Crippen molar-refractivity contribution < 1.29 is 5.11 Å². The van der Waals surface area contributed by atoms with E-state index in [0.29, 0.717) is 5.75 Å². The van der Waals surface area contributed by atoms with Gasteiger partial charge in [-0.1, -0.05) is 0 Å². The molecule has 0 aromatic heterocycles. The maximum atomic E-state index is 9.60. The molecule has 0 bridgehead atoms. The second-order valence-corrected chi connectivity index (χ2v) is 3.42. The van der Waals surface area contributed by atoms with Gasteiger partial charge in [0, 0.05) is 32.4 Å². The lowest BCUT2D eigenvalue weighted by Crippen LogP contribution is -2.12. The van der Waals surface area contributed by atoms with Gasteiger partial charge in [-0.25, -0.2) is 0 Å². The van der Waals surface area contributed by atoms with Crippen LogP contribution in [0.2, 0.25) is 0 Å². The molecule has 1 aliphatic heterocycles. The standard InChI is InChI=1S/C10H14N2O/c1-11-8-5-7-3-4-12(2)9(7)6-10(8)13/h5-6,11,13H,3-4H2,1-2H3. The minimum Gasteiger partial charge on any atom is -0.506 e. The Morgan fingerprint density at radius 2 is 2.23 bits per heavy atom. The molecule has 0 saturated heterocycles. The van der Waals surface area contributed by atoms with Crippen LogP contribution in [-0.2, 0) is 6.42 Å². The first kappa shape index (κ1) is 8.23. The van der Waals surface area contributed by atoms with Gasteiger partial charge in [-0.2, -0.15) is 0 Å². The van der Waals surface area contributed by atoms with E-state index >= 15 is 0 Å². The van der Waals surface area contributed by atoms with Gasteiger partial charge < -0.3 is 15.3 Å². The number of nitrogens with one attached hydrogen (secondary N) is 1. The molecule has 0 atom stereocenters. The number of hydrogen-bond donors (Lipinski definition) is 2. The van der Waals surface area contributed by atoms with Gasteiger partial charge in [0.05, 0.1) is 5.69 Å². The Balaban J connectivity index is 2.50. The Morgan fingerprint density at radius 3 is 2.92 bits per heavy atom. The largest absolute Gasteiger partial charge is 0.506 e. The van der Waals surface area contributed by atoms with E-state index in [1.807, 2.05) is 26.2 Å².